The normalized spacial score (nSPS) is 17.8. The number of oxazole rings is 1. The summed E-state index contributed by atoms with van der Waals surface area (Å²) in [7, 11) is 0. The van der Waals surface area contributed by atoms with Crippen molar-refractivity contribution in [2.75, 3.05) is 0 Å². The highest BCUT2D eigenvalue weighted by atomic mass is 79.9. The number of halogens is 1. The third-order valence-corrected chi connectivity index (χ3v) is 2.85. The molecule has 0 unspecified atom stereocenters. The van der Waals surface area contributed by atoms with Gasteiger partial charge in [-0.3, -0.25) is 0 Å². The summed E-state index contributed by atoms with van der Waals surface area (Å²) in [5.74, 6) is 1.74. The number of aryl methyl sites for hydroxylation is 1. The molecule has 1 aliphatic carbocycles. The van der Waals surface area contributed by atoms with Gasteiger partial charge < -0.3 is 4.42 Å². The lowest BCUT2D eigenvalue weighted by molar-refractivity contribution is 0.402. The molecule has 66 valence electrons. The van der Waals surface area contributed by atoms with Gasteiger partial charge in [-0.15, -0.1) is 0 Å². The largest absolute Gasteiger partial charge is 0.436 e. The van der Waals surface area contributed by atoms with Gasteiger partial charge in [0.25, 0.3) is 4.80 Å². The van der Waals surface area contributed by atoms with E-state index < -0.39 is 0 Å². The number of hydrogen-bond acceptors (Lipinski definition) is 2. The summed E-state index contributed by atoms with van der Waals surface area (Å²) >= 11 is 3.27. The Labute approximate surface area is 80.5 Å². The van der Waals surface area contributed by atoms with E-state index in [-0.39, 0.29) is 0 Å². The molecular weight excluding hydrogens is 218 g/mol. The van der Waals surface area contributed by atoms with Gasteiger partial charge in [-0.2, -0.15) is 0 Å². The van der Waals surface area contributed by atoms with Gasteiger partial charge in [0.05, 0.1) is 5.69 Å². The molecule has 0 spiro atoms. The van der Waals surface area contributed by atoms with Crippen molar-refractivity contribution in [2.24, 2.45) is 0 Å². The number of hydrogen-bond donors (Lipinski definition) is 0. The van der Waals surface area contributed by atoms with Crippen molar-refractivity contribution in [3.8, 4) is 0 Å². The fraction of sp³-hybridized carbons (Fsp3) is 0.667. The van der Waals surface area contributed by atoms with Crippen LogP contribution in [0.2, 0.25) is 0 Å². The minimum absolute atomic E-state index is 0.640. The average Bonchev–Trinajstić information content (AvgIpc) is 2.27. The van der Waals surface area contributed by atoms with Crippen LogP contribution >= 0.6 is 15.9 Å². The molecule has 1 saturated carbocycles. The summed E-state index contributed by atoms with van der Waals surface area (Å²) in [5, 5.41) is 0. The molecule has 1 aromatic heterocycles. The smallest absolute Gasteiger partial charge is 0.264 e. The molecule has 1 aliphatic rings. The maximum Gasteiger partial charge on any atom is 0.264 e. The molecule has 0 saturated heterocycles. The Morgan fingerprint density at radius 1 is 1.58 bits per heavy atom. The van der Waals surface area contributed by atoms with E-state index in [2.05, 4.69) is 27.8 Å². The van der Waals surface area contributed by atoms with E-state index in [0.717, 1.165) is 12.2 Å². The maximum absolute atomic E-state index is 5.43. The van der Waals surface area contributed by atoms with Gasteiger partial charge in [0.2, 0.25) is 0 Å². The van der Waals surface area contributed by atoms with Crippen LogP contribution in [0.3, 0.4) is 0 Å². The zero-order valence-corrected chi connectivity index (χ0v) is 8.73. The van der Waals surface area contributed by atoms with E-state index in [4.69, 9.17) is 4.42 Å². The van der Waals surface area contributed by atoms with Crippen LogP contribution in [0.4, 0.5) is 0 Å². The SMILES string of the molecule is CCc1oc(Br)nc1C1CCC1. The second kappa shape index (κ2) is 3.21. The Hall–Kier alpha value is -0.310. The average molecular weight is 230 g/mol. The second-order valence-electron chi connectivity index (χ2n) is 3.26. The first kappa shape index (κ1) is 8.30. The molecule has 0 radical (unpaired) electrons. The predicted octanol–water partition coefficient (Wildman–Crippen LogP) is 3.27. The lowest BCUT2D eigenvalue weighted by Crippen LogP contribution is -2.10. The number of nitrogens with zero attached hydrogens (tertiary/aromatic N) is 1. The molecule has 1 fully saturated rings. The molecule has 0 aromatic carbocycles. The Morgan fingerprint density at radius 2 is 2.33 bits per heavy atom. The van der Waals surface area contributed by atoms with E-state index in [1.54, 1.807) is 0 Å². The van der Waals surface area contributed by atoms with Crippen molar-refractivity contribution in [1.29, 1.82) is 0 Å². The maximum atomic E-state index is 5.43. The summed E-state index contributed by atoms with van der Waals surface area (Å²) < 4.78 is 5.43. The minimum Gasteiger partial charge on any atom is -0.436 e. The highest BCUT2D eigenvalue weighted by Crippen LogP contribution is 2.38. The van der Waals surface area contributed by atoms with E-state index in [0.29, 0.717) is 10.7 Å². The third kappa shape index (κ3) is 1.30. The third-order valence-electron chi connectivity index (χ3n) is 2.51. The first-order valence-electron chi connectivity index (χ1n) is 4.46. The second-order valence-corrected chi connectivity index (χ2v) is 3.93. The topological polar surface area (TPSA) is 26.0 Å². The molecule has 3 heteroatoms. The minimum atomic E-state index is 0.640. The van der Waals surface area contributed by atoms with Crippen LogP contribution in [0.15, 0.2) is 9.22 Å². The summed E-state index contributed by atoms with van der Waals surface area (Å²) in [6, 6.07) is 0. The summed E-state index contributed by atoms with van der Waals surface area (Å²) in [5.41, 5.74) is 1.19. The fourth-order valence-corrected chi connectivity index (χ4v) is 1.97. The van der Waals surface area contributed by atoms with E-state index in [1.165, 1.54) is 25.0 Å². The van der Waals surface area contributed by atoms with E-state index >= 15 is 0 Å². The van der Waals surface area contributed by atoms with E-state index in [9.17, 15) is 0 Å². The van der Waals surface area contributed by atoms with E-state index in [1.807, 2.05) is 0 Å². The van der Waals surface area contributed by atoms with Crippen LogP contribution in [0.25, 0.3) is 0 Å². The molecule has 1 heterocycles. The number of aromatic nitrogens is 1. The van der Waals surface area contributed by atoms with Crippen LogP contribution in [0.1, 0.15) is 43.6 Å². The fourth-order valence-electron chi connectivity index (χ4n) is 1.59. The van der Waals surface area contributed by atoms with Crippen molar-refractivity contribution in [2.45, 2.75) is 38.5 Å². The molecule has 1 aromatic rings. The Balaban J connectivity index is 2.27. The summed E-state index contributed by atoms with van der Waals surface area (Å²) in [4.78, 5) is 4.99. The van der Waals surface area contributed by atoms with Gasteiger partial charge in [0, 0.05) is 28.3 Å². The molecule has 12 heavy (non-hydrogen) atoms. The standard InChI is InChI=1S/C9H12BrNO/c1-2-7-8(6-4-3-5-6)11-9(10)12-7/h6H,2-5H2,1H3. The number of rotatable bonds is 2. The van der Waals surface area contributed by atoms with Gasteiger partial charge in [-0.1, -0.05) is 13.3 Å². The van der Waals surface area contributed by atoms with Crippen molar-refractivity contribution in [3.63, 3.8) is 0 Å². The van der Waals surface area contributed by atoms with Gasteiger partial charge in [0.1, 0.15) is 5.76 Å². The van der Waals surface area contributed by atoms with Crippen LogP contribution in [-0.4, -0.2) is 4.98 Å². The first-order chi connectivity index (χ1) is 5.81. The van der Waals surface area contributed by atoms with Gasteiger partial charge in [-0.25, -0.2) is 4.98 Å². The quantitative estimate of drug-likeness (QED) is 0.779. The Kier molecular flexibility index (Phi) is 2.22. The Bertz CT molecular complexity index is 278. The first-order valence-corrected chi connectivity index (χ1v) is 5.25. The predicted molar refractivity (Wildman–Crippen MR) is 50.2 cm³/mol. The molecule has 0 amide bonds. The molecule has 0 aliphatic heterocycles. The van der Waals surface area contributed by atoms with Gasteiger partial charge >= 0.3 is 0 Å². The lowest BCUT2D eigenvalue weighted by Gasteiger charge is -2.23. The van der Waals surface area contributed by atoms with Crippen LogP contribution in [0.5, 0.6) is 0 Å². The van der Waals surface area contributed by atoms with Gasteiger partial charge in [-0.05, 0) is 12.8 Å². The molecule has 2 nitrogen and oxygen atoms in total. The molecule has 2 rings (SSSR count). The van der Waals surface area contributed by atoms with Crippen LogP contribution < -0.4 is 0 Å². The Morgan fingerprint density at radius 3 is 2.83 bits per heavy atom. The van der Waals surface area contributed by atoms with Gasteiger partial charge in [0.15, 0.2) is 0 Å². The highest BCUT2D eigenvalue weighted by molar-refractivity contribution is 9.10. The highest BCUT2D eigenvalue weighted by Gasteiger charge is 2.25. The van der Waals surface area contributed by atoms with Crippen LogP contribution in [0, 0.1) is 0 Å². The van der Waals surface area contributed by atoms with Crippen LogP contribution in [-0.2, 0) is 6.42 Å². The molecule has 0 N–H and O–H groups in total. The summed E-state index contributed by atoms with van der Waals surface area (Å²) in [6.07, 6.45) is 4.86. The van der Waals surface area contributed by atoms with Crippen molar-refractivity contribution < 1.29 is 4.42 Å². The molecular formula is C9H12BrNO. The van der Waals surface area contributed by atoms with Crippen molar-refractivity contribution in [3.05, 3.63) is 16.3 Å². The molecule has 0 bridgehead atoms. The zero-order valence-electron chi connectivity index (χ0n) is 7.14. The summed E-state index contributed by atoms with van der Waals surface area (Å²) in [6.45, 7) is 2.11. The lowest BCUT2D eigenvalue weighted by atomic mass is 9.82. The van der Waals surface area contributed by atoms with Crippen molar-refractivity contribution in [1.82, 2.24) is 4.98 Å². The molecule has 0 atom stereocenters. The zero-order chi connectivity index (χ0) is 8.55. The monoisotopic (exact) mass is 229 g/mol. The van der Waals surface area contributed by atoms with Crippen molar-refractivity contribution >= 4 is 15.9 Å².